The zero-order valence-electron chi connectivity index (χ0n) is 9.64. The van der Waals surface area contributed by atoms with Gasteiger partial charge in [0, 0.05) is 6.07 Å². The average Bonchev–Trinajstić information content (AvgIpc) is 2.70. The van der Waals surface area contributed by atoms with Gasteiger partial charge in [-0.2, -0.15) is 0 Å². The van der Waals surface area contributed by atoms with Crippen LogP contribution in [0.15, 0.2) is 22.7 Å². The molecule has 2 N–H and O–H groups in total. The summed E-state index contributed by atoms with van der Waals surface area (Å²) in [5, 5.41) is 14.8. The van der Waals surface area contributed by atoms with Crippen molar-refractivity contribution in [2.45, 2.75) is 26.3 Å². The number of carbonyl (C=O) groups is 2. The third kappa shape index (κ3) is 3.75. The van der Waals surface area contributed by atoms with Crippen LogP contribution in [0.1, 0.15) is 29.6 Å². The summed E-state index contributed by atoms with van der Waals surface area (Å²) in [6.45, 7) is 3.43. The summed E-state index contributed by atoms with van der Waals surface area (Å²) in [5.41, 5.74) is 0.0780. The summed E-state index contributed by atoms with van der Waals surface area (Å²) in [5.74, 6) is -1.15. The van der Waals surface area contributed by atoms with Crippen LogP contribution in [0.5, 0.6) is 0 Å². The van der Waals surface area contributed by atoms with Crippen LogP contribution < -0.4 is 5.32 Å². The number of hydrogen-bond acceptors (Lipinski definition) is 4. The van der Waals surface area contributed by atoms with E-state index in [2.05, 4.69) is 10.5 Å². The molecule has 6 heteroatoms. The topological polar surface area (TPSA) is 92.4 Å². The smallest absolute Gasteiger partial charge is 0.326 e. The Hall–Kier alpha value is -2.11. The van der Waals surface area contributed by atoms with Crippen molar-refractivity contribution in [1.29, 1.82) is 0 Å². The van der Waals surface area contributed by atoms with Crippen LogP contribution in [-0.4, -0.2) is 28.2 Å². The second kappa shape index (κ2) is 5.83. The molecule has 1 aromatic rings. The molecule has 17 heavy (non-hydrogen) atoms. The van der Waals surface area contributed by atoms with E-state index in [1.807, 2.05) is 0 Å². The van der Waals surface area contributed by atoms with Gasteiger partial charge < -0.3 is 14.9 Å². The van der Waals surface area contributed by atoms with E-state index in [0.29, 0.717) is 5.76 Å². The average molecular weight is 238 g/mol. The van der Waals surface area contributed by atoms with Crippen LogP contribution in [0, 0.1) is 6.92 Å². The molecule has 1 atom stereocenters. The van der Waals surface area contributed by atoms with Crippen molar-refractivity contribution in [1.82, 2.24) is 10.5 Å². The molecule has 1 rings (SSSR count). The summed E-state index contributed by atoms with van der Waals surface area (Å²) in [6.07, 6.45) is 3.63. The van der Waals surface area contributed by atoms with Gasteiger partial charge in [0.25, 0.3) is 5.91 Å². The van der Waals surface area contributed by atoms with Crippen molar-refractivity contribution in [3.8, 4) is 0 Å². The summed E-state index contributed by atoms with van der Waals surface area (Å²) in [7, 11) is 0. The number of aryl methyl sites for hydroxylation is 1. The van der Waals surface area contributed by atoms with Gasteiger partial charge in [-0.3, -0.25) is 4.79 Å². The normalized spacial score (nSPS) is 12.6. The molecule has 0 aliphatic rings. The summed E-state index contributed by atoms with van der Waals surface area (Å²) in [6, 6.07) is 0.486. The molecule has 1 aromatic heterocycles. The number of carbonyl (C=O) groups excluding carboxylic acids is 1. The van der Waals surface area contributed by atoms with Gasteiger partial charge >= 0.3 is 5.97 Å². The van der Waals surface area contributed by atoms with Gasteiger partial charge in [-0.15, -0.1) is 0 Å². The lowest BCUT2D eigenvalue weighted by Gasteiger charge is -2.10. The van der Waals surface area contributed by atoms with E-state index >= 15 is 0 Å². The Morgan fingerprint density at radius 3 is 2.82 bits per heavy atom. The largest absolute Gasteiger partial charge is 0.480 e. The molecule has 1 amide bonds. The highest BCUT2D eigenvalue weighted by Gasteiger charge is 2.20. The second-order valence-electron chi connectivity index (χ2n) is 3.49. The van der Waals surface area contributed by atoms with Gasteiger partial charge in [0.2, 0.25) is 0 Å². The van der Waals surface area contributed by atoms with Gasteiger partial charge in [-0.1, -0.05) is 17.3 Å². The van der Waals surface area contributed by atoms with Gasteiger partial charge in [0.15, 0.2) is 5.69 Å². The Labute approximate surface area is 98.3 Å². The van der Waals surface area contributed by atoms with E-state index in [9.17, 15) is 9.59 Å². The first-order valence-electron chi connectivity index (χ1n) is 5.12. The zero-order chi connectivity index (χ0) is 12.8. The van der Waals surface area contributed by atoms with E-state index in [-0.39, 0.29) is 12.1 Å². The van der Waals surface area contributed by atoms with Crippen LogP contribution >= 0.6 is 0 Å². The van der Waals surface area contributed by atoms with Crippen LogP contribution in [-0.2, 0) is 4.79 Å². The number of nitrogens with zero attached hydrogens (tertiary/aromatic N) is 1. The van der Waals surface area contributed by atoms with Crippen LogP contribution in [0.2, 0.25) is 0 Å². The third-order valence-electron chi connectivity index (χ3n) is 2.07. The number of carboxylic acids is 1. The molecule has 0 spiro atoms. The minimum atomic E-state index is -1.09. The first-order valence-corrected chi connectivity index (χ1v) is 5.12. The molecule has 0 aliphatic heterocycles. The third-order valence-corrected chi connectivity index (χ3v) is 2.07. The predicted octanol–water partition coefficient (Wildman–Crippen LogP) is 1.13. The molecule has 0 radical (unpaired) electrons. The van der Waals surface area contributed by atoms with Crippen molar-refractivity contribution in [3.63, 3.8) is 0 Å². The molecule has 92 valence electrons. The zero-order valence-corrected chi connectivity index (χ0v) is 9.64. The number of rotatable bonds is 5. The molecule has 1 unspecified atom stereocenters. The van der Waals surface area contributed by atoms with Crippen molar-refractivity contribution < 1.29 is 19.2 Å². The highest BCUT2D eigenvalue weighted by Crippen LogP contribution is 2.03. The number of nitrogens with one attached hydrogen (secondary N) is 1. The number of allylic oxidation sites excluding steroid dienone is 1. The van der Waals surface area contributed by atoms with E-state index in [1.54, 1.807) is 26.0 Å². The van der Waals surface area contributed by atoms with Crippen molar-refractivity contribution in [3.05, 3.63) is 29.7 Å². The highest BCUT2D eigenvalue weighted by atomic mass is 16.5. The first-order chi connectivity index (χ1) is 8.04. The fraction of sp³-hybridized carbons (Fsp3) is 0.364. The lowest BCUT2D eigenvalue weighted by atomic mass is 10.2. The SMILES string of the molecule is C/C=C/CC(NC(=O)c1cc(C)on1)C(=O)O. The maximum Gasteiger partial charge on any atom is 0.326 e. The molecule has 0 fully saturated rings. The second-order valence-corrected chi connectivity index (χ2v) is 3.49. The summed E-state index contributed by atoms with van der Waals surface area (Å²) in [4.78, 5) is 22.5. The van der Waals surface area contributed by atoms with E-state index in [1.165, 1.54) is 6.07 Å². The number of hydrogen-bond donors (Lipinski definition) is 2. The minimum Gasteiger partial charge on any atom is -0.480 e. The number of aliphatic carboxylic acids is 1. The number of carboxylic acid groups (broad SMARTS) is 1. The molecule has 0 aliphatic carbocycles. The monoisotopic (exact) mass is 238 g/mol. The van der Waals surface area contributed by atoms with Crippen LogP contribution in [0.25, 0.3) is 0 Å². The van der Waals surface area contributed by atoms with Gasteiger partial charge in [0.1, 0.15) is 11.8 Å². The summed E-state index contributed by atoms with van der Waals surface area (Å²) >= 11 is 0. The minimum absolute atomic E-state index is 0.0780. The summed E-state index contributed by atoms with van der Waals surface area (Å²) < 4.78 is 4.74. The lowest BCUT2D eigenvalue weighted by molar-refractivity contribution is -0.139. The Morgan fingerprint density at radius 2 is 2.35 bits per heavy atom. The van der Waals surface area contributed by atoms with Gasteiger partial charge in [-0.25, -0.2) is 4.79 Å². The quantitative estimate of drug-likeness (QED) is 0.750. The van der Waals surface area contributed by atoms with Crippen molar-refractivity contribution in [2.75, 3.05) is 0 Å². The van der Waals surface area contributed by atoms with Crippen LogP contribution in [0.3, 0.4) is 0 Å². The Bertz CT molecular complexity index is 436. The molecular formula is C11H14N2O4. The molecule has 6 nitrogen and oxygen atoms in total. The van der Waals surface area contributed by atoms with E-state index in [4.69, 9.17) is 9.63 Å². The number of amides is 1. The van der Waals surface area contributed by atoms with Crippen molar-refractivity contribution >= 4 is 11.9 Å². The van der Waals surface area contributed by atoms with Gasteiger partial charge in [0.05, 0.1) is 0 Å². The highest BCUT2D eigenvalue weighted by molar-refractivity contribution is 5.94. The van der Waals surface area contributed by atoms with Crippen LogP contribution in [0.4, 0.5) is 0 Å². The molecule has 0 saturated heterocycles. The Morgan fingerprint density at radius 1 is 1.65 bits per heavy atom. The molecule has 0 saturated carbocycles. The Kier molecular flexibility index (Phi) is 4.45. The maximum atomic E-state index is 11.6. The molecular weight excluding hydrogens is 224 g/mol. The maximum absolute atomic E-state index is 11.6. The van der Waals surface area contributed by atoms with E-state index in [0.717, 1.165) is 0 Å². The van der Waals surface area contributed by atoms with Gasteiger partial charge in [-0.05, 0) is 20.3 Å². The lowest BCUT2D eigenvalue weighted by Crippen LogP contribution is -2.40. The Balaban J connectivity index is 2.67. The number of aromatic nitrogens is 1. The molecule has 1 heterocycles. The van der Waals surface area contributed by atoms with E-state index < -0.39 is 17.9 Å². The standard InChI is InChI=1S/C11H14N2O4/c1-3-4-5-8(11(15)16)12-10(14)9-6-7(2)17-13-9/h3-4,6,8H,5H2,1-2H3,(H,12,14)(H,15,16)/b4-3+. The predicted molar refractivity (Wildman–Crippen MR) is 59.6 cm³/mol. The van der Waals surface area contributed by atoms with Crippen molar-refractivity contribution in [2.24, 2.45) is 0 Å². The molecule has 0 bridgehead atoms. The first kappa shape index (κ1) is 13.0. The molecule has 0 aromatic carbocycles. The fourth-order valence-corrected chi connectivity index (χ4v) is 1.20. The fourth-order valence-electron chi connectivity index (χ4n) is 1.20.